The number of hydrogen-bond donors (Lipinski definition) is 2. The summed E-state index contributed by atoms with van der Waals surface area (Å²) in [6.45, 7) is 0.638. The number of aliphatic hydroxyl groups is 1. The van der Waals surface area contributed by atoms with E-state index >= 15 is 0 Å². The number of phenols is 1. The molecule has 156 valence electrons. The molecule has 0 bridgehead atoms. The number of rotatable bonds is 9. The third-order valence-electron chi connectivity index (χ3n) is 3.91. The zero-order valence-electron chi connectivity index (χ0n) is 16.3. The first-order valence-corrected chi connectivity index (χ1v) is 9.11. The van der Waals surface area contributed by atoms with Gasteiger partial charge >= 0.3 is 11.9 Å². The molecule has 30 heavy (non-hydrogen) atoms. The number of benzene rings is 2. The van der Waals surface area contributed by atoms with Crippen LogP contribution in [0.4, 0.5) is 0 Å². The lowest BCUT2D eigenvalue weighted by atomic mass is 10.1. The Morgan fingerprint density at radius 2 is 1.47 bits per heavy atom. The van der Waals surface area contributed by atoms with Crippen LogP contribution in [0.15, 0.2) is 66.7 Å². The fraction of sp³-hybridized carbons (Fsp3) is 0.174. The number of hydrogen-bond acceptors (Lipinski definition) is 7. The van der Waals surface area contributed by atoms with Gasteiger partial charge in [-0.15, -0.1) is 0 Å². The summed E-state index contributed by atoms with van der Waals surface area (Å²) >= 11 is 0. The molecule has 2 N–H and O–H groups in total. The van der Waals surface area contributed by atoms with E-state index in [1.165, 1.54) is 24.3 Å². The summed E-state index contributed by atoms with van der Waals surface area (Å²) in [7, 11) is 0. The molecule has 2 atom stereocenters. The second-order valence-electron chi connectivity index (χ2n) is 6.33. The molecule has 7 nitrogen and oxygen atoms in total. The zero-order valence-corrected chi connectivity index (χ0v) is 16.3. The fourth-order valence-electron chi connectivity index (χ4n) is 2.38. The van der Waals surface area contributed by atoms with Crippen LogP contribution in [0.2, 0.25) is 0 Å². The van der Waals surface area contributed by atoms with E-state index in [1.54, 1.807) is 30.3 Å². The molecule has 0 fully saturated rings. The first-order valence-electron chi connectivity index (χ1n) is 9.11. The highest BCUT2D eigenvalue weighted by Crippen LogP contribution is 2.11. The molecule has 2 aromatic carbocycles. The number of phenolic OH excluding ortho intramolecular Hbond substituents is 1. The minimum atomic E-state index is -1.51. The van der Waals surface area contributed by atoms with E-state index in [0.717, 1.165) is 18.6 Å². The van der Waals surface area contributed by atoms with Crippen molar-refractivity contribution in [2.75, 3.05) is 6.61 Å². The third-order valence-corrected chi connectivity index (χ3v) is 3.91. The smallest absolute Gasteiger partial charge is 0.331 e. The van der Waals surface area contributed by atoms with Gasteiger partial charge in [0.15, 0.2) is 11.9 Å². The van der Waals surface area contributed by atoms with Gasteiger partial charge in [-0.2, -0.15) is 0 Å². The molecule has 2 aromatic rings. The van der Waals surface area contributed by atoms with Gasteiger partial charge in [0, 0.05) is 12.2 Å². The number of ether oxygens (including phenoxy) is 2. The lowest BCUT2D eigenvalue weighted by molar-refractivity contribution is -0.161. The van der Waals surface area contributed by atoms with Crippen LogP contribution in [0.1, 0.15) is 18.1 Å². The van der Waals surface area contributed by atoms with Crippen molar-refractivity contribution in [3.8, 4) is 5.75 Å². The molecule has 0 saturated heterocycles. The monoisotopic (exact) mass is 410 g/mol. The second kappa shape index (κ2) is 11.3. The average Bonchev–Trinajstić information content (AvgIpc) is 2.74. The van der Waals surface area contributed by atoms with Crippen LogP contribution in [0.3, 0.4) is 0 Å². The molecule has 0 amide bonds. The van der Waals surface area contributed by atoms with Gasteiger partial charge in [0.05, 0.1) is 0 Å². The molecule has 0 aliphatic rings. The molecule has 2 rings (SSSR count). The maximum atomic E-state index is 12.0. The molecule has 0 heterocycles. The predicted molar refractivity (Wildman–Crippen MR) is 110 cm³/mol. The first-order chi connectivity index (χ1) is 14.3. The maximum Gasteiger partial charge on any atom is 0.331 e. The summed E-state index contributed by atoms with van der Waals surface area (Å²) in [5, 5.41) is 19.4. The van der Waals surface area contributed by atoms with E-state index in [9.17, 15) is 24.6 Å². The number of aromatic hydroxyl groups is 1. The Balaban J connectivity index is 1.87. The fourth-order valence-corrected chi connectivity index (χ4v) is 2.38. The lowest BCUT2D eigenvalue weighted by Crippen LogP contribution is -2.40. The van der Waals surface area contributed by atoms with Crippen LogP contribution >= 0.6 is 0 Å². The van der Waals surface area contributed by atoms with Crippen molar-refractivity contribution in [3.63, 3.8) is 0 Å². The highest BCUT2D eigenvalue weighted by atomic mass is 16.6. The third kappa shape index (κ3) is 7.73. The summed E-state index contributed by atoms with van der Waals surface area (Å²) in [5.41, 5.74) is 1.43. The standard InChI is InChI=1S/C23H22O7/c1-16(24)23(30-22(28)14-10-18-7-11-19(25)12-8-18)20(26)15-29-21(27)13-9-17-5-3-2-4-6-17/h2-14,20,23,25-26H,15H2,1H3/b13-9?,14-10+. The number of ketones is 1. The van der Waals surface area contributed by atoms with Gasteiger partial charge < -0.3 is 19.7 Å². The van der Waals surface area contributed by atoms with E-state index in [4.69, 9.17) is 9.47 Å². The SMILES string of the molecule is CC(=O)C(OC(=O)/C=C/c1ccc(O)cc1)C(O)COC(=O)C=Cc1ccccc1. The Kier molecular flexibility index (Phi) is 8.53. The van der Waals surface area contributed by atoms with Crippen LogP contribution in [0, 0.1) is 0 Å². The number of Topliss-reactive ketones (excluding diaryl/α,β-unsaturated/α-hetero) is 1. The summed E-state index contributed by atoms with van der Waals surface area (Å²) < 4.78 is 9.91. The lowest BCUT2D eigenvalue weighted by Gasteiger charge is -2.19. The summed E-state index contributed by atoms with van der Waals surface area (Å²) in [6, 6.07) is 15.1. The van der Waals surface area contributed by atoms with Gasteiger partial charge in [0.1, 0.15) is 18.5 Å². The molecule has 7 heteroatoms. The molecule has 0 aliphatic heterocycles. The highest BCUT2D eigenvalue weighted by Gasteiger charge is 2.28. The van der Waals surface area contributed by atoms with Crippen molar-refractivity contribution >= 4 is 29.9 Å². The number of esters is 2. The van der Waals surface area contributed by atoms with Gasteiger partial charge in [0.25, 0.3) is 0 Å². The van der Waals surface area contributed by atoms with E-state index in [2.05, 4.69) is 0 Å². The maximum absolute atomic E-state index is 12.0. The van der Waals surface area contributed by atoms with Gasteiger partial charge in [-0.1, -0.05) is 42.5 Å². The van der Waals surface area contributed by atoms with Crippen LogP contribution < -0.4 is 0 Å². The molecule has 0 spiro atoms. The van der Waals surface area contributed by atoms with Crippen LogP contribution in [0.25, 0.3) is 12.2 Å². The summed E-state index contributed by atoms with van der Waals surface area (Å²) in [5.74, 6) is -2.07. The molecule has 0 radical (unpaired) electrons. The zero-order chi connectivity index (χ0) is 21.9. The number of carbonyl (C=O) groups is 3. The Morgan fingerprint density at radius 1 is 0.900 bits per heavy atom. The minimum absolute atomic E-state index is 0.0858. The van der Waals surface area contributed by atoms with Crippen molar-refractivity contribution in [2.24, 2.45) is 0 Å². The summed E-state index contributed by atoms with van der Waals surface area (Å²) in [4.78, 5) is 35.5. The molecular formula is C23H22O7. The van der Waals surface area contributed by atoms with E-state index < -0.39 is 36.5 Å². The van der Waals surface area contributed by atoms with Crippen molar-refractivity contribution < 1.29 is 34.1 Å². The van der Waals surface area contributed by atoms with E-state index in [1.807, 2.05) is 18.2 Å². The molecule has 0 aromatic heterocycles. The van der Waals surface area contributed by atoms with E-state index in [0.29, 0.717) is 5.56 Å². The van der Waals surface area contributed by atoms with Crippen LogP contribution in [-0.4, -0.2) is 46.7 Å². The molecular weight excluding hydrogens is 388 g/mol. The normalized spacial score (nSPS) is 13.1. The summed E-state index contributed by atoms with van der Waals surface area (Å²) in [6.07, 6.45) is 2.27. The topological polar surface area (TPSA) is 110 Å². The number of aliphatic hydroxyl groups excluding tert-OH is 1. The van der Waals surface area contributed by atoms with Crippen LogP contribution in [0.5, 0.6) is 5.75 Å². The van der Waals surface area contributed by atoms with Gasteiger partial charge in [-0.25, -0.2) is 9.59 Å². The first kappa shape index (κ1) is 22.6. The molecule has 0 aliphatic carbocycles. The number of carbonyl (C=O) groups excluding carboxylic acids is 3. The molecule has 0 saturated carbocycles. The van der Waals surface area contributed by atoms with Gasteiger partial charge in [0.2, 0.25) is 0 Å². The second-order valence-corrected chi connectivity index (χ2v) is 6.33. The molecule has 2 unspecified atom stereocenters. The Hall–Kier alpha value is -3.71. The quantitative estimate of drug-likeness (QED) is 0.483. The minimum Gasteiger partial charge on any atom is -0.508 e. The highest BCUT2D eigenvalue weighted by molar-refractivity contribution is 5.91. The van der Waals surface area contributed by atoms with E-state index in [-0.39, 0.29) is 5.75 Å². The van der Waals surface area contributed by atoms with Gasteiger partial charge in [-0.3, -0.25) is 4.79 Å². The Bertz CT molecular complexity index is 914. The van der Waals surface area contributed by atoms with Crippen molar-refractivity contribution in [1.82, 2.24) is 0 Å². The van der Waals surface area contributed by atoms with Crippen molar-refractivity contribution in [3.05, 3.63) is 77.9 Å². The average molecular weight is 410 g/mol. The van der Waals surface area contributed by atoms with Crippen LogP contribution in [-0.2, 0) is 23.9 Å². The van der Waals surface area contributed by atoms with Gasteiger partial charge in [-0.05, 0) is 42.3 Å². The van der Waals surface area contributed by atoms with Crippen molar-refractivity contribution in [2.45, 2.75) is 19.1 Å². The largest absolute Gasteiger partial charge is 0.508 e. The Morgan fingerprint density at radius 3 is 2.07 bits per heavy atom. The Labute approximate surface area is 173 Å². The van der Waals surface area contributed by atoms with Crippen molar-refractivity contribution in [1.29, 1.82) is 0 Å². The predicted octanol–water partition coefficient (Wildman–Crippen LogP) is 2.52.